The van der Waals surface area contributed by atoms with Crippen LogP contribution in [0.15, 0.2) is 205 Å². The van der Waals surface area contributed by atoms with Crippen molar-refractivity contribution in [3.8, 4) is 27.9 Å². The zero-order chi connectivity index (χ0) is 43.9. The first kappa shape index (κ1) is 39.0. The first-order chi connectivity index (χ1) is 32.5. The van der Waals surface area contributed by atoms with E-state index < -0.39 is 0 Å². The Kier molecular flexibility index (Phi) is 9.10. The zero-order valence-electron chi connectivity index (χ0n) is 37.6. The monoisotopic (exact) mass is 852 g/mol. The highest BCUT2D eigenvalue weighted by Crippen LogP contribution is 2.54. The van der Waals surface area contributed by atoms with Gasteiger partial charge in [0.15, 0.2) is 0 Å². The van der Waals surface area contributed by atoms with E-state index in [1.165, 1.54) is 92.7 Å². The van der Waals surface area contributed by atoms with Gasteiger partial charge in [-0.3, -0.25) is 0 Å². The van der Waals surface area contributed by atoms with Crippen LogP contribution in [0.2, 0.25) is 0 Å². The molecule has 3 aliphatic carbocycles. The molecular weight excluding hydrogens is 801 g/mol. The van der Waals surface area contributed by atoms with E-state index in [4.69, 9.17) is 4.42 Å². The van der Waals surface area contributed by atoms with Gasteiger partial charge in [0.1, 0.15) is 11.2 Å². The lowest BCUT2D eigenvalue weighted by molar-refractivity contribution is 0.186. The number of benzene rings is 9. The second-order valence-corrected chi connectivity index (χ2v) is 19.6. The summed E-state index contributed by atoms with van der Waals surface area (Å²) in [5.74, 6) is 2.35. The Hall–Kier alpha value is -7.36. The summed E-state index contributed by atoms with van der Waals surface area (Å²) in [5, 5.41) is 7.34. The van der Waals surface area contributed by atoms with Crippen molar-refractivity contribution in [1.29, 1.82) is 0 Å². The van der Waals surface area contributed by atoms with Crippen molar-refractivity contribution in [2.24, 2.45) is 17.8 Å². The maximum Gasteiger partial charge on any atom is 0.143 e. The van der Waals surface area contributed by atoms with Crippen molar-refractivity contribution in [2.75, 3.05) is 4.90 Å². The summed E-state index contributed by atoms with van der Waals surface area (Å²) < 4.78 is 8.99. The van der Waals surface area contributed by atoms with Gasteiger partial charge >= 0.3 is 0 Å². The number of furan rings is 1. The molecule has 0 spiro atoms. The van der Waals surface area contributed by atoms with Gasteiger partial charge in [-0.05, 0) is 132 Å². The number of rotatable bonds is 7. The molecule has 14 rings (SSSR count). The third-order valence-corrected chi connectivity index (χ3v) is 15.7. The normalized spacial score (nSPS) is 19.6. The number of aromatic nitrogens is 1. The van der Waals surface area contributed by atoms with Crippen molar-refractivity contribution in [2.45, 2.75) is 51.4 Å². The lowest BCUT2D eigenvalue weighted by atomic mass is 9.63. The summed E-state index contributed by atoms with van der Waals surface area (Å²) in [6.45, 7) is 5.02. The minimum absolute atomic E-state index is 0.217. The smallest absolute Gasteiger partial charge is 0.143 e. The highest BCUT2D eigenvalue weighted by Gasteiger charge is 2.45. The highest BCUT2D eigenvalue weighted by molar-refractivity contribution is 6.19. The first-order valence-corrected chi connectivity index (χ1v) is 24.0. The van der Waals surface area contributed by atoms with E-state index in [0.29, 0.717) is 0 Å². The predicted octanol–water partition coefficient (Wildman–Crippen LogP) is 17.7. The standard InChI is InChI=1S/C63H52N2O/c1-41-37-46-35-36-63(39-41,40-42(46)2)47-14-11-15-50(38-47)64(49-32-27-45(28-33-49)53-20-12-21-57-55-19-7-10-24-60(55)66-62(53)57)48-30-25-44(26-31-48)51-16-5-8-22-58(51)65-59-23-9-6-18-54(59)56-34-29-43-13-3-4-17-52(43)61(56)65/h3-34,38,41-42,46H,35-37,39-40H2,1-2H3/t41-,42+,46?,63?/m0/s1. The van der Waals surface area contributed by atoms with Crippen molar-refractivity contribution in [3.63, 3.8) is 0 Å². The Balaban J connectivity index is 0.937. The van der Waals surface area contributed by atoms with Crippen molar-refractivity contribution >= 4 is 71.6 Å². The topological polar surface area (TPSA) is 21.3 Å². The number of para-hydroxylation sites is 4. The van der Waals surface area contributed by atoms with Crippen LogP contribution in [0.3, 0.4) is 0 Å². The van der Waals surface area contributed by atoms with E-state index in [2.05, 4.69) is 217 Å². The Morgan fingerprint density at radius 2 is 1.20 bits per heavy atom. The summed E-state index contributed by atoms with van der Waals surface area (Å²) in [6.07, 6.45) is 6.55. The molecule has 9 aromatic carbocycles. The molecule has 2 heterocycles. The molecule has 2 unspecified atom stereocenters. The maximum atomic E-state index is 6.50. The van der Waals surface area contributed by atoms with Crippen molar-refractivity contribution in [3.05, 3.63) is 206 Å². The van der Waals surface area contributed by atoms with E-state index in [0.717, 1.165) is 62.2 Å². The van der Waals surface area contributed by atoms with Crippen LogP contribution in [0.25, 0.3) is 82.5 Å². The average Bonchev–Trinajstić information content (AvgIpc) is 3.82. The lowest BCUT2D eigenvalue weighted by Crippen LogP contribution is -2.33. The molecule has 0 saturated heterocycles. The van der Waals surface area contributed by atoms with E-state index >= 15 is 0 Å². The lowest BCUT2D eigenvalue weighted by Gasteiger charge is -2.42. The number of fused-ring (bicyclic) bond motifs is 12. The van der Waals surface area contributed by atoms with Crippen LogP contribution in [0, 0.1) is 17.8 Å². The molecule has 0 amide bonds. The fraction of sp³-hybridized carbons (Fsp3) is 0.175. The summed E-state index contributed by atoms with van der Waals surface area (Å²) in [4.78, 5) is 2.47. The number of hydrogen-bond acceptors (Lipinski definition) is 2. The summed E-state index contributed by atoms with van der Waals surface area (Å²) in [7, 11) is 0. The molecule has 66 heavy (non-hydrogen) atoms. The molecule has 3 saturated carbocycles. The van der Waals surface area contributed by atoms with Crippen LogP contribution in [0.1, 0.15) is 51.5 Å². The van der Waals surface area contributed by atoms with E-state index in [9.17, 15) is 0 Å². The highest BCUT2D eigenvalue weighted by atomic mass is 16.3. The molecule has 3 heteroatoms. The van der Waals surface area contributed by atoms with Crippen LogP contribution < -0.4 is 4.90 Å². The number of hydrogen-bond donors (Lipinski definition) is 0. The van der Waals surface area contributed by atoms with E-state index in [1.807, 2.05) is 6.07 Å². The molecule has 3 nitrogen and oxygen atoms in total. The summed E-state index contributed by atoms with van der Waals surface area (Å²) >= 11 is 0. The van der Waals surface area contributed by atoms with Gasteiger partial charge in [0.2, 0.25) is 0 Å². The van der Waals surface area contributed by atoms with Gasteiger partial charge in [0.25, 0.3) is 0 Å². The SMILES string of the molecule is C[C@H]1CC2CCC(c3cccc(N(c4ccc(-c5ccccc5-n5c6ccccc6c6ccc7ccccc7c65)cc4)c4ccc(-c5cccc6c5oc5ccccc56)cc4)c3)(C1)C[C@H]2C. The molecule has 3 fully saturated rings. The molecule has 3 aliphatic rings. The molecule has 320 valence electrons. The Morgan fingerprint density at radius 3 is 2.02 bits per heavy atom. The van der Waals surface area contributed by atoms with Gasteiger partial charge in [-0.25, -0.2) is 0 Å². The van der Waals surface area contributed by atoms with Crippen LogP contribution in [-0.4, -0.2) is 4.57 Å². The molecule has 0 aliphatic heterocycles. The van der Waals surface area contributed by atoms with Crippen LogP contribution >= 0.6 is 0 Å². The van der Waals surface area contributed by atoms with Gasteiger partial charge in [-0.2, -0.15) is 0 Å². The molecule has 0 radical (unpaired) electrons. The second-order valence-electron chi connectivity index (χ2n) is 19.6. The largest absolute Gasteiger partial charge is 0.455 e. The molecule has 4 atom stereocenters. The third kappa shape index (κ3) is 6.24. The quantitative estimate of drug-likeness (QED) is 0.159. The van der Waals surface area contributed by atoms with Crippen molar-refractivity contribution < 1.29 is 4.42 Å². The molecular formula is C63H52N2O. The Bertz CT molecular complexity index is 3630. The van der Waals surface area contributed by atoms with Gasteiger partial charge in [-0.15, -0.1) is 0 Å². The molecule has 2 aromatic heterocycles. The minimum Gasteiger partial charge on any atom is -0.455 e. The minimum atomic E-state index is 0.217. The van der Waals surface area contributed by atoms with E-state index in [-0.39, 0.29) is 5.41 Å². The molecule has 2 bridgehead atoms. The summed E-state index contributed by atoms with van der Waals surface area (Å²) in [6, 6.07) is 73.9. The van der Waals surface area contributed by atoms with Crippen LogP contribution in [0.4, 0.5) is 17.1 Å². The third-order valence-electron chi connectivity index (χ3n) is 15.7. The Labute approximate surface area is 386 Å². The van der Waals surface area contributed by atoms with Crippen LogP contribution in [0.5, 0.6) is 0 Å². The number of nitrogens with zero attached hydrogens (tertiary/aromatic N) is 2. The molecule has 11 aromatic rings. The summed E-state index contributed by atoms with van der Waals surface area (Å²) in [5.41, 5.74) is 15.3. The zero-order valence-corrected chi connectivity index (χ0v) is 37.6. The first-order valence-electron chi connectivity index (χ1n) is 24.0. The fourth-order valence-corrected chi connectivity index (χ4v) is 12.7. The van der Waals surface area contributed by atoms with Gasteiger partial charge < -0.3 is 13.9 Å². The van der Waals surface area contributed by atoms with E-state index in [1.54, 1.807) is 0 Å². The van der Waals surface area contributed by atoms with Gasteiger partial charge in [-0.1, -0.05) is 159 Å². The number of anilines is 3. The van der Waals surface area contributed by atoms with Gasteiger partial charge in [0, 0.05) is 55.1 Å². The van der Waals surface area contributed by atoms with Gasteiger partial charge in [0.05, 0.1) is 16.7 Å². The van der Waals surface area contributed by atoms with Crippen molar-refractivity contribution in [1.82, 2.24) is 4.57 Å². The second kappa shape index (κ2) is 15.4. The predicted molar refractivity (Wildman–Crippen MR) is 278 cm³/mol. The molecule has 0 N–H and O–H groups in total. The Morgan fingerprint density at radius 1 is 0.530 bits per heavy atom. The average molecular weight is 853 g/mol. The maximum absolute atomic E-state index is 6.50. The van der Waals surface area contributed by atoms with Crippen LogP contribution in [-0.2, 0) is 5.41 Å². The fourth-order valence-electron chi connectivity index (χ4n) is 12.7.